The normalized spacial score (nSPS) is 11.7. The Morgan fingerprint density at radius 1 is 1.29 bits per heavy atom. The fraction of sp³-hybridized carbons (Fsp3) is 0.500. The molecule has 1 amide bonds. The highest BCUT2D eigenvalue weighted by Gasteiger charge is 2.16. The molecule has 1 rings (SSSR count). The van der Waals surface area contributed by atoms with Crippen molar-refractivity contribution in [2.75, 3.05) is 6.54 Å². The van der Waals surface area contributed by atoms with E-state index in [9.17, 15) is 4.79 Å². The summed E-state index contributed by atoms with van der Waals surface area (Å²) in [6.07, 6.45) is 2.64. The molecular weight excluding hydrogens is 266 g/mol. The highest BCUT2D eigenvalue weighted by molar-refractivity contribution is 5.81. The molecule has 3 N–H and O–H groups in total. The predicted octanol–water partition coefficient (Wildman–Crippen LogP) is 2.38. The van der Waals surface area contributed by atoms with Crippen molar-refractivity contribution in [3.63, 3.8) is 0 Å². The van der Waals surface area contributed by atoms with Crippen LogP contribution in [0.15, 0.2) is 35.5 Å². The highest BCUT2D eigenvalue weighted by Crippen LogP contribution is 2.09. The Morgan fingerprint density at radius 3 is 2.52 bits per heavy atom. The van der Waals surface area contributed by atoms with Crippen molar-refractivity contribution < 1.29 is 10.0 Å². The summed E-state index contributed by atoms with van der Waals surface area (Å²) in [6.45, 7) is 4.43. The Balaban J connectivity index is 2.42. The van der Waals surface area contributed by atoms with Gasteiger partial charge in [-0.1, -0.05) is 35.5 Å². The summed E-state index contributed by atoms with van der Waals surface area (Å²) in [4.78, 5) is 14.0. The molecule has 0 aliphatic carbocycles. The number of nitrogens with zero attached hydrogens (tertiary/aromatic N) is 2. The summed E-state index contributed by atoms with van der Waals surface area (Å²) in [7, 11) is 0. The lowest BCUT2D eigenvalue weighted by atomic mass is 10.1. The van der Waals surface area contributed by atoms with E-state index in [4.69, 9.17) is 10.9 Å². The summed E-state index contributed by atoms with van der Waals surface area (Å²) in [5.74, 6) is 0.268. The number of carbonyl (C=O) groups excluding carboxylic acids is 1. The Morgan fingerprint density at radius 2 is 1.95 bits per heavy atom. The first-order valence-corrected chi connectivity index (χ1v) is 7.34. The van der Waals surface area contributed by atoms with E-state index in [1.54, 1.807) is 4.90 Å². The Bertz CT molecular complexity index is 458. The largest absolute Gasteiger partial charge is 0.409 e. The van der Waals surface area contributed by atoms with Gasteiger partial charge in [-0.25, -0.2) is 0 Å². The molecule has 0 fully saturated rings. The van der Waals surface area contributed by atoms with Crippen LogP contribution in [0.5, 0.6) is 0 Å². The molecule has 5 heteroatoms. The number of nitrogens with two attached hydrogens (primary N) is 1. The molecule has 0 radical (unpaired) electrons. The molecule has 0 spiro atoms. The van der Waals surface area contributed by atoms with Crippen LogP contribution in [0.4, 0.5) is 0 Å². The molecule has 21 heavy (non-hydrogen) atoms. The number of rotatable bonds is 8. The Kier molecular flexibility index (Phi) is 7.29. The van der Waals surface area contributed by atoms with Gasteiger partial charge in [0.25, 0.3) is 0 Å². The Hall–Kier alpha value is -2.04. The SMILES string of the molecule is CC(C)N(CCC(N)=NO)C(=O)CCCc1ccccc1. The van der Waals surface area contributed by atoms with E-state index in [1.165, 1.54) is 5.56 Å². The topological polar surface area (TPSA) is 78.9 Å². The summed E-state index contributed by atoms with van der Waals surface area (Å²) in [5.41, 5.74) is 6.71. The molecule has 0 saturated heterocycles. The molecule has 0 bridgehead atoms. The van der Waals surface area contributed by atoms with Gasteiger partial charge in [-0.05, 0) is 32.3 Å². The van der Waals surface area contributed by atoms with E-state index in [-0.39, 0.29) is 17.8 Å². The first kappa shape index (κ1) is 17.0. The minimum atomic E-state index is 0.112. The van der Waals surface area contributed by atoms with Crippen molar-refractivity contribution in [2.24, 2.45) is 10.9 Å². The summed E-state index contributed by atoms with van der Waals surface area (Å²) < 4.78 is 0. The van der Waals surface area contributed by atoms with Crippen molar-refractivity contribution >= 4 is 11.7 Å². The molecule has 0 heterocycles. The molecule has 1 aromatic rings. The third-order valence-corrected chi connectivity index (χ3v) is 3.38. The number of hydrogen-bond acceptors (Lipinski definition) is 3. The number of oxime groups is 1. The van der Waals surface area contributed by atoms with Gasteiger partial charge >= 0.3 is 0 Å². The molecule has 116 valence electrons. The molecule has 0 unspecified atom stereocenters. The van der Waals surface area contributed by atoms with Gasteiger partial charge in [-0.2, -0.15) is 0 Å². The van der Waals surface area contributed by atoms with Crippen LogP contribution in [0.2, 0.25) is 0 Å². The number of hydrogen-bond donors (Lipinski definition) is 2. The minimum Gasteiger partial charge on any atom is -0.409 e. The van der Waals surface area contributed by atoms with Crippen LogP contribution in [-0.4, -0.2) is 34.4 Å². The lowest BCUT2D eigenvalue weighted by Gasteiger charge is -2.26. The van der Waals surface area contributed by atoms with Gasteiger partial charge in [0.15, 0.2) is 0 Å². The van der Waals surface area contributed by atoms with Crippen LogP contribution in [0.25, 0.3) is 0 Å². The number of amidine groups is 1. The second kappa shape index (κ2) is 9.00. The fourth-order valence-corrected chi connectivity index (χ4v) is 2.19. The van der Waals surface area contributed by atoms with Gasteiger partial charge in [0.1, 0.15) is 5.84 Å². The van der Waals surface area contributed by atoms with Crippen LogP contribution in [0.1, 0.15) is 38.7 Å². The molecular formula is C16H25N3O2. The van der Waals surface area contributed by atoms with Crippen molar-refractivity contribution in [1.82, 2.24) is 4.90 Å². The summed E-state index contributed by atoms with van der Waals surface area (Å²) in [6, 6.07) is 10.3. The average molecular weight is 291 g/mol. The van der Waals surface area contributed by atoms with E-state index in [0.29, 0.717) is 19.4 Å². The quantitative estimate of drug-likeness (QED) is 0.334. The van der Waals surface area contributed by atoms with Crippen LogP contribution >= 0.6 is 0 Å². The van der Waals surface area contributed by atoms with Gasteiger partial charge in [0.2, 0.25) is 5.91 Å². The van der Waals surface area contributed by atoms with E-state index in [1.807, 2.05) is 32.0 Å². The zero-order valence-corrected chi connectivity index (χ0v) is 12.8. The van der Waals surface area contributed by atoms with Crippen LogP contribution in [0, 0.1) is 0 Å². The highest BCUT2D eigenvalue weighted by atomic mass is 16.4. The maximum Gasteiger partial charge on any atom is 0.222 e. The number of amides is 1. The molecule has 5 nitrogen and oxygen atoms in total. The molecule has 0 atom stereocenters. The average Bonchev–Trinajstić information content (AvgIpc) is 2.48. The van der Waals surface area contributed by atoms with Crippen LogP contribution in [0.3, 0.4) is 0 Å². The molecule has 1 aromatic carbocycles. The monoisotopic (exact) mass is 291 g/mol. The van der Waals surface area contributed by atoms with Crippen LogP contribution < -0.4 is 5.73 Å². The van der Waals surface area contributed by atoms with E-state index in [0.717, 1.165) is 12.8 Å². The van der Waals surface area contributed by atoms with Crippen molar-refractivity contribution in [2.45, 2.75) is 45.6 Å². The van der Waals surface area contributed by atoms with Crippen LogP contribution in [-0.2, 0) is 11.2 Å². The first-order valence-electron chi connectivity index (χ1n) is 7.34. The molecule has 0 aliphatic heterocycles. The smallest absolute Gasteiger partial charge is 0.222 e. The molecule has 0 aliphatic rings. The standard InChI is InChI=1S/C16H25N3O2/c1-13(2)19(12-11-15(17)18-21)16(20)10-6-9-14-7-4-3-5-8-14/h3-5,7-8,13,21H,6,9-12H2,1-2H3,(H2,17,18). The second-order valence-electron chi connectivity index (χ2n) is 5.36. The number of benzene rings is 1. The third-order valence-electron chi connectivity index (χ3n) is 3.38. The van der Waals surface area contributed by atoms with E-state index in [2.05, 4.69) is 17.3 Å². The third kappa shape index (κ3) is 6.29. The Labute approximate surface area is 126 Å². The van der Waals surface area contributed by atoms with Crippen molar-refractivity contribution in [1.29, 1.82) is 0 Å². The first-order chi connectivity index (χ1) is 10.0. The predicted molar refractivity (Wildman–Crippen MR) is 84.3 cm³/mol. The zero-order chi connectivity index (χ0) is 15.7. The van der Waals surface area contributed by atoms with Gasteiger partial charge in [0, 0.05) is 25.4 Å². The van der Waals surface area contributed by atoms with Gasteiger partial charge in [-0.15, -0.1) is 0 Å². The van der Waals surface area contributed by atoms with Crippen molar-refractivity contribution in [3.8, 4) is 0 Å². The fourth-order valence-electron chi connectivity index (χ4n) is 2.19. The minimum absolute atomic E-state index is 0.112. The van der Waals surface area contributed by atoms with E-state index < -0.39 is 0 Å². The van der Waals surface area contributed by atoms with Gasteiger partial charge in [-0.3, -0.25) is 4.79 Å². The maximum absolute atomic E-state index is 12.3. The lowest BCUT2D eigenvalue weighted by Crippen LogP contribution is -2.39. The second-order valence-corrected chi connectivity index (χ2v) is 5.36. The molecule has 0 aromatic heterocycles. The number of aryl methyl sites for hydroxylation is 1. The maximum atomic E-state index is 12.3. The lowest BCUT2D eigenvalue weighted by molar-refractivity contribution is -0.132. The van der Waals surface area contributed by atoms with E-state index >= 15 is 0 Å². The zero-order valence-electron chi connectivity index (χ0n) is 12.8. The molecule has 0 saturated carbocycles. The van der Waals surface area contributed by atoms with Crippen molar-refractivity contribution in [3.05, 3.63) is 35.9 Å². The summed E-state index contributed by atoms with van der Waals surface area (Å²) in [5, 5.41) is 11.5. The summed E-state index contributed by atoms with van der Waals surface area (Å²) >= 11 is 0. The van der Waals surface area contributed by atoms with Gasteiger partial charge in [0.05, 0.1) is 0 Å². The number of carbonyl (C=O) groups is 1. The van der Waals surface area contributed by atoms with Gasteiger partial charge < -0.3 is 15.8 Å².